The Morgan fingerprint density at radius 2 is 2.06 bits per heavy atom. The quantitative estimate of drug-likeness (QED) is 0.422. The highest BCUT2D eigenvalue weighted by Crippen LogP contribution is 2.24. The van der Waals surface area contributed by atoms with Crippen molar-refractivity contribution >= 4 is 5.84 Å². The van der Waals surface area contributed by atoms with Crippen molar-refractivity contribution < 1.29 is 0 Å². The van der Waals surface area contributed by atoms with Gasteiger partial charge < -0.3 is 9.80 Å². The number of hydrogen-bond donors (Lipinski definition) is 0. The summed E-state index contributed by atoms with van der Waals surface area (Å²) in [7, 11) is 0. The zero-order valence-corrected chi connectivity index (χ0v) is 10.7. The van der Waals surface area contributed by atoms with Crippen LogP contribution in [0.2, 0.25) is 0 Å². The van der Waals surface area contributed by atoms with E-state index in [2.05, 4.69) is 34.9 Å². The number of amidine groups is 1. The fourth-order valence-electron chi connectivity index (χ4n) is 2.16. The summed E-state index contributed by atoms with van der Waals surface area (Å²) in [5.74, 6) is 1.10. The van der Waals surface area contributed by atoms with E-state index in [0.717, 1.165) is 37.6 Å². The van der Waals surface area contributed by atoms with Gasteiger partial charge in [0.2, 0.25) is 0 Å². The first-order valence-corrected chi connectivity index (χ1v) is 6.29. The average Bonchev–Trinajstić information content (AvgIpc) is 2.63. The monoisotopic (exact) mass is 231 g/mol. The third-order valence-corrected chi connectivity index (χ3v) is 3.45. The van der Waals surface area contributed by atoms with Crippen LogP contribution in [0.1, 0.15) is 26.2 Å². The van der Waals surface area contributed by atoms with E-state index in [4.69, 9.17) is 0 Å². The standard InChI is InChI=1S/C14H21N3/c1-4-14(17-10-5-7-12(17)2)11-15-13(3)16-8-6-9-16/h4,11H,1-2,5-10H2,3H3/b14-11+,15-13?. The molecule has 3 nitrogen and oxygen atoms in total. The molecule has 0 aromatic heterocycles. The van der Waals surface area contributed by atoms with Gasteiger partial charge in [0.15, 0.2) is 0 Å². The maximum absolute atomic E-state index is 4.52. The number of allylic oxidation sites excluding steroid dienone is 2. The predicted molar refractivity (Wildman–Crippen MR) is 72.7 cm³/mol. The van der Waals surface area contributed by atoms with Crippen molar-refractivity contribution in [1.82, 2.24) is 9.80 Å². The van der Waals surface area contributed by atoms with Crippen LogP contribution in [0.5, 0.6) is 0 Å². The lowest BCUT2D eigenvalue weighted by Gasteiger charge is -2.32. The van der Waals surface area contributed by atoms with Crippen molar-refractivity contribution in [3.05, 3.63) is 36.8 Å². The first kappa shape index (κ1) is 12.0. The molecule has 2 rings (SSSR count). The molecule has 2 heterocycles. The second-order valence-corrected chi connectivity index (χ2v) is 4.60. The third-order valence-electron chi connectivity index (χ3n) is 3.45. The van der Waals surface area contributed by atoms with Crippen molar-refractivity contribution in [3.63, 3.8) is 0 Å². The fourth-order valence-corrected chi connectivity index (χ4v) is 2.16. The lowest BCUT2D eigenvalue weighted by molar-refractivity contribution is 0.298. The summed E-state index contributed by atoms with van der Waals surface area (Å²) in [4.78, 5) is 9.02. The summed E-state index contributed by atoms with van der Waals surface area (Å²) >= 11 is 0. The summed E-state index contributed by atoms with van der Waals surface area (Å²) < 4.78 is 0. The summed E-state index contributed by atoms with van der Waals surface area (Å²) in [6.07, 6.45) is 7.33. The van der Waals surface area contributed by atoms with Crippen LogP contribution in [0, 0.1) is 0 Å². The summed E-state index contributed by atoms with van der Waals surface area (Å²) in [5, 5.41) is 0. The fraction of sp³-hybridized carbons (Fsp3) is 0.500. The van der Waals surface area contributed by atoms with E-state index in [9.17, 15) is 0 Å². The van der Waals surface area contributed by atoms with Crippen molar-refractivity contribution in [3.8, 4) is 0 Å². The SMILES string of the molecule is C=C/C(=C\N=C(C)N1CCC1)N1CCCC1=C. The topological polar surface area (TPSA) is 18.8 Å². The number of rotatable bonds is 3. The molecule has 2 fully saturated rings. The number of likely N-dealkylation sites (tertiary alicyclic amines) is 2. The van der Waals surface area contributed by atoms with Crippen molar-refractivity contribution in [2.24, 2.45) is 4.99 Å². The first-order valence-electron chi connectivity index (χ1n) is 6.29. The molecule has 0 aliphatic carbocycles. The van der Waals surface area contributed by atoms with Gasteiger partial charge in [0.05, 0.1) is 11.9 Å². The van der Waals surface area contributed by atoms with E-state index in [1.807, 2.05) is 12.3 Å². The predicted octanol–water partition coefficient (Wildman–Crippen LogP) is 2.75. The number of aliphatic imine (C=N–C) groups is 1. The Labute approximate surface area is 104 Å². The van der Waals surface area contributed by atoms with Gasteiger partial charge in [0, 0.05) is 25.3 Å². The van der Waals surface area contributed by atoms with Crippen LogP contribution in [0.25, 0.3) is 0 Å². The Balaban J connectivity index is 2.06. The van der Waals surface area contributed by atoms with Gasteiger partial charge in [-0.2, -0.15) is 0 Å². The molecule has 2 aliphatic heterocycles. The Hall–Kier alpha value is -1.51. The molecular formula is C14H21N3. The molecule has 0 radical (unpaired) electrons. The summed E-state index contributed by atoms with van der Waals surface area (Å²) in [6.45, 7) is 13.3. The molecule has 0 aromatic carbocycles. The highest BCUT2D eigenvalue weighted by atomic mass is 15.2. The van der Waals surface area contributed by atoms with E-state index in [-0.39, 0.29) is 0 Å². The van der Waals surface area contributed by atoms with E-state index < -0.39 is 0 Å². The zero-order chi connectivity index (χ0) is 12.3. The Morgan fingerprint density at radius 3 is 2.53 bits per heavy atom. The summed E-state index contributed by atoms with van der Waals surface area (Å²) in [5.41, 5.74) is 2.24. The van der Waals surface area contributed by atoms with Gasteiger partial charge in [-0.25, -0.2) is 4.99 Å². The molecule has 92 valence electrons. The van der Waals surface area contributed by atoms with E-state index in [1.54, 1.807) is 0 Å². The highest BCUT2D eigenvalue weighted by Gasteiger charge is 2.17. The molecule has 3 heteroatoms. The van der Waals surface area contributed by atoms with Gasteiger partial charge >= 0.3 is 0 Å². The number of nitrogens with zero attached hydrogens (tertiary/aromatic N) is 3. The second-order valence-electron chi connectivity index (χ2n) is 4.60. The molecule has 0 atom stereocenters. The van der Waals surface area contributed by atoms with Gasteiger partial charge in [0.25, 0.3) is 0 Å². The van der Waals surface area contributed by atoms with Gasteiger partial charge in [0.1, 0.15) is 5.84 Å². The van der Waals surface area contributed by atoms with Crippen LogP contribution < -0.4 is 0 Å². The molecule has 0 aromatic rings. The molecule has 0 bridgehead atoms. The van der Waals surface area contributed by atoms with Crippen LogP contribution in [0.4, 0.5) is 0 Å². The first-order chi connectivity index (χ1) is 8.22. The molecule has 2 aliphatic rings. The minimum atomic E-state index is 1.04. The van der Waals surface area contributed by atoms with Gasteiger partial charge in [-0.05, 0) is 32.3 Å². The molecular weight excluding hydrogens is 210 g/mol. The Kier molecular flexibility index (Phi) is 3.67. The molecule has 0 amide bonds. The molecule has 2 saturated heterocycles. The van der Waals surface area contributed by atoms with Crippen LogP contribution in [-0.4, -0.2) is 35.3 Å². The smallest absolute Gasteiger partial charge is 0.101 e. The van der Waals surface area contributed by atoms with Crippen LogP contribution in [0.3, 0.4) is 0 Å². The minimum Gasteiger partial charge on any atom is -0.360 e. The second kappa shape index (κ2) is 5.21. The van der Waals surface area contributed by atoms with Crippen LogP contribution >= 0.6 is 0 Å². The van der Waals surface area contributed by atoms with Gasteiger partial charge in [-0.1, -0.05) is 13.2 Å². The largest absolute Gasteiger partial charge is 0.360 e. The highest BCUT2D eigenvalue weighted by molar-refractivity contribution is 5.80. The van der Waals surface area contributed by atoms with Crippen molar-refractivity contribution in [1.29, 1.82) is 0 Å². The van der Waals surface area contributed by atoms with Crippen molar-refractivity contribution in [2.45, 2.75) is 26.2 Å². The number of hydrogen-bond acceptors (Lipinski definition) is 2. The Morgan fingerprint density at radius 1 is 1.29 bits per heavy atom. The maximum atomic E-state index is 4.52. The van der Waals surface area contributed by atoms with E-state index in [0.29, 0.717) is 0 Å². The molecule has 0 spiro atoms. The lowest BCUT2D eigenvalue weighted by atomic mass is 10.2. The summed E-state index contributed by atoms with van der Waals surface area (Å²) in [6, 6.07) is 0. The van der Waals surface area contributed by atoms with Crippen molar-refractivity contribution in [2.75, 3.05) is 19.6 Å². The Bertz CT molecular complexity index is 375. The normalized spacial score (nSPS) is 21.8. The van der Waals surface area contributed by atoms with Gasteiger partial charge in [-0.15, -0.1) is 0 Å². The molecule has 0 N–H and O–H groups in total. The molecule has 17 heavy (non-hydrogen) atoms. The van der Waals surface area contributed by atoms with Crippen LogP contribution in [0.15, 0.2) is 41.8 Å². The maximum Gasteiger partial charge on any atom is 0.101 e. The third kappa shape index (κ3) is 2.60. The zero-order valence-electron chi connectivity index (χ0n) is 10.7. The van der Waals surface area contributed by atoms with E-state index >= 15 is 0 Å². The minimum absolute atomic E-state index is 1.04. The molecule has 0 saturated carbocycles. The van der Waals surface area contributed by atoms with E-state index in [1.165, 1.54) is 18.5 Å². The molecule has 0 unspecified atom stereocenters. The van der Waals surface area contributed by atoms with Gasteiger partial charge in [-0.3, -0.25) is 0 Å². The average molecular weight is 231 g/mol. The lowest BCUT2D eigenvalue weighted by Crippen LogP contribution is -2.40. The van der Waals surface area contributed by atoms with Crippen LogP contribution in [-0.2, 0) is 0 Å².